The summed E-state index contributed by atoms with van der Waals surface area (Å²) in [5.41, 5.74) is 0.0328. The number of anilines is 1. The van der Waals surface area contributed by atoms with Crippen molar-refractivity contribution in [1.29, 1.82) is 0 Å². The number of methoxy groups -OCH3 is 2. The Balaban J connectivity index is 2.58. The highest BCUT2D eigenvalue weighted by atomic mass is 35.5. The van der Waals surface area contributed by atoms with Crippen molar-refractivity contribution in [3.8, 4) is 0 Å². The number of nitrogens with zero attached hydrogens (tertiary/aromatic N) is 1. The molecule has 1 aliphatic carbocycles. The first-order valence-corrected chi connectivity index (χ1v) is 11.3. The van der Waals surface area contributed by atoms with Gasteiger partial charge in [-0.25, -0.2) is 14.1 Å². The average Bonchev–Trinajstić information content (AvgIpc) is 2.80. The number of halogens is 2. The molecular weight excluding hydrogens is 461 g/mol. The Bertz CT molecular complexity index is 964. The molecule has 174 valence electrons. The summed E-state index contributed by atoms with van der Waals surface area (Å²) in [4.78, 5) is 51.2. The van der Waals surface area contributed by atoms with Gasteiger partial charge in [0.25, 0.3) is 5.91 Å². The summed E-state index contributed by atoms with van der Waals surface area (Å²) < 4.78 is 24.4. The Labute approximate surface area is 195 Å². The number of carbonyl (C=O) groups is 4. The third-order valence-corrected chi connectivity index (χ3v) is 6.55. The number of rotatable bonds is 7. The van der Waals surface area contributed by atoms with Crippen LogP contribution in [0, 0.1) is 5.82 Å². The van der Waals surface area contributed by atoms with E-state index in [1.165, 1.54) is 20.3 Å². The number of esters is 2. The van der Waals surface area contributed by atoms with Gasteiger partial charge in [0.05, 0.1) is 24.9 Å². The van der Waals surface area contributed by atoms with Gasteiger partial charge in [0.2, 0.25) is 5.91 Å². The van der Waals surface area contributed by atoms with Gasteiger partial charge in [-0.05, 0) is 44.7 Å². The average molecular weight is 486 g/mol. The van der Waals surface area contributed by atoms with E-state index < -0.39 is 34.8 Å². The second-order valence-electron chi connectivity index (χ2n) is 7.06. The molecule has 0 aromatic heterocycles. The summed E-state index contributed by atoms with van der Waals surface area (Å²) in [6.07, 6.45) is 1.88. The minimum absolute atomic E-state index is 0.0236. The fourth-order valence-corrected chi connectivity index (χ4v) is 4.53. The van der Waals surface area contributed by atoms with Crippen molar-refractivity contribution in [1.82, 2.24) is 0 Å². The highest BCUT2D eigenvalue weighted by Crippen LogP contribution is 2.37. The van der Waals surface area contributed by atoms with Gasteiger partial charge in [-0.15, -0.1) is 11.8 Å². The third-order valence-electron chi connectivity index (χ3n) is 4.99. The number of carbonyl (C=O) groups excluding carboxylic acids is 4. The summed E-state index contributed by atoms with van der Waals surface area (Å²) in [6.45, 7) is 3.13. The van der Waals surface area contributed by atoms with Crippen LogP contribution in [0.15, 0.2) is 28.2 Å². The lowest BCUT2D eigenvalue weighted by Crippen LogP contribution is -2.39. The van der Waals surface area contributed by atoms with Crippen LogP contribution in [-0.2, 0) is 28.7 Å². The van der Waals surface area contributed by atoms with E-state index in [2.05, 4.69) is 0 Å². The molecule has 10 heteroatoms. The SMILES string of the molecule is CCC(=O)N(C(=O)C1=C(C(=O)OC)CCCC1)c1cc(SC(C)C(=O)OC)c(Cl)cc1F. The Morgan fingerprint density at radius 3 is 2.31 bits per heavy atom. The molecule has 0 bridgehead atoms. The van der Waals surface area contributed by atoms with E-state index in [1.54, 1.807) is 13.8 Å². The van der Waals surface area contributed by atoms with Crippen LogP contribution in [0.3, 0.4) is 0 Å². The fraction of sp³-hybridized carbons (Fsp3) is 0.455. The lowest BCUT2D eigenvalue weighted by Gasteiger charge is -2.26. The Kier molecular flexibility index (Phi) is 9.27. The molecule has 0 saturated carbocycles. The Hall–Kier alpha value is -2.39. The molecule has 1 aliphatic rings. The molecule has 0 saturated heterocycles. The smallest absolute Gasteiger partial charge is 0.334 e. The van der Waals surface area contributed by atoms with Crippen LogP contribution in [0.1, 0.15) is 46.0 Å². The van der Waals surface area contributed by atoms with Crippen molar-refractivity contribution in [2.24, 2.45) is 0 Å². The fourth-order valence-electron chi connectivity index (χ4n) is 3.32. The van der Waals surface area contributed by atoms with E-state index in [0.717, 1.165) is 22.7 Å². The maximum atomic E-state index is 14.9. The van der Waals surface area contributed by atoms with Crippen LogP contribution in [-0.4, -0.2) is 43.2 Å². The molecule has 0 heterocycles. The number of thioether (sulfide) groups is 1. The van der Waals surface area contributed by atoms with Gasteiger partial charge in [-0.3, -0.25) is 14.4 Å². The van der Waals surface area contributed by atoms with E-state index in [4.69, 9.17) is 21.1 Å². The van der Waals surface area contributed by atoms with Crippen molar-refractivity contribution in [3.63, 3.8) is 0 Å². The first-order valence-electron chi connectivity index (χ1n) is 10.1. The molecular formula is C22H25ClFNO6S. The van der Waals surface area contributed by atoms with Crippen molar-refractivity contribution in [2.45, 2.75) is 56.1 Å². The first-order chi connectivity index (χ1) is 15.2. The molecule has 0 aliphatic heterocycles. The summed E-state index contributed by atoms with van der Waals surface area (Å²) >= 11 is 7.16. The molecule has 32 heavy (non-hydrogen) atoms. The summed E-state index contributed by atoms with van der Waals surface area (Å²) in [5.74, 6) is -3.44. The summed E-state index contributed by atoms with van der Waals surface area (Å²) in [6, 6.07) is 2.25. The molecule has 1 atom stereocenters. The number of hydrogen-bond donors (Lipinski definition) is 0. The minimum Gasteiger partial charge on any atom is -0.468 e. The van der Waals surface area contributed by atoms with Crippen LogP contribution in [0.2, 0.25) is 5.02 Å². The van der Waals surface area contributed by atoms with Crippen molar-refractivity contribution >= 4 is 52.8 Å². The van der Waals surface area contributed by atoms with Gasteiger partial charge in [0.15, 0.2) is 0 Å². The lowest BCUT2D eigenvalue weighted by atomic mass is 9.90. The molecule has 7 nitrogen and oxygen atoms in total. The van der Waals surface area contributed by atoms with E-state index >= 15 is 0 Å². The predicted octanol–water partition coefficient (Wildman–Crippen LogP) is 4.45. The zero-order valence-electron chi connectivity index (χ0n) is 18.3. The monoisotopic (exact) mass is 485 g/mol. The number of benzene rings is 1. The van der Waals surface area contributed by atoms with Crippen molar-refractivity contribution in [2.75, 3.05) is 19.1 Å². The van der Waals surface area contributed by atoms with Gasteiger partial charge in [-0.1, -0.05) is 18.5 Å². The van der Waals surface area contributed by atoms with Gasteiger partial charge in [0.1, 0.15) is 11.1 Å². The number of amides is 2. The molecule has 1 unspecified atom stereocenters. The lowest BCUT2D eigenvalue weighted by molar-refractivity contribution is -0.139. The molecule has 0 radical (unpaired) electrons. The van der Waals surface area contributed by atoms with Gasteiger partial charge in [0, 0.05) is 22.5 Å². The van der Waals surface area contributed by atoms with E-state index in [0.29, 0.717) is 24.2 Å². The summed E-state index contributed by atoms with van der Waals surface area (Å²) in [7, 11) is 2.46. The van der Waals surface area contributed by atoms with Crippen molar-refractivity contribution in [3.05, 3.63) is 34.1 Å². The van der Waals surface area contributed by atoms with Gasteiger partial charge in [-0.2, -0.15) is 0 Å². The maximum absolute atomic E-state index is 14.9. The first kappa shape index (κ1) is 25.9. The van der Waals surface area contributed by atoms with E-state index in [-0.39, 0.29) is 34.7 Å². The van der Waals surface area contributed by atoms with Gasteiger partial charge < -0.3 is 9.47 Å². The summed E-state index contributed by atoms with van der Waals surface area (Å²) in [5, 5.41) is -0.635. The molecule has 0 N–H and O–H groups in total. The number of ether oxygens (including phenoxy) is 2. The second-order valence-corrected chi connectivity index (χ2v) is 8.85. The van der Waals surface area contributed by atoms with E-state index in [9.17, 15) is 23.6 Å². The topological polar surface area (TPSA) is 90.0 Å². The Morgan fingerprint density at radius 2 is 1.75 bits per heavy atom. The maximum Gasteiger partial charge on any atom is 0.334 e. The number of hydrogen-bond acceptors (Lipinski definition) is 7. The third kappa shape index (κ3) is 5.69. The highest BCUT2D eigenvalue weighted by Gasteiger charge is 2.33. The Morgan fingerprint density at radius 1 is 1.12 bits per heavy atom. The standard InChI is InChI=1S/C22H25ClFNO6S/c1-5-19(26)25(20(27)13-8-6-7-9-14(13)22(29)31-4)17-11-18(15(23)10-16(17)24)32-12(2)21(28)30-3/h10-12H,5-9H2,1-4H3. The minimum atomic E-state index is -0.878. The van der Waals surface area contributed by atoms with Gasteiger partial charge >= 0.3 is 11.9 Å². The van der Waals surface area contributed by atoms with Crippen LogP contribution < -0.4 is 4.90 Å². The van der Waals surface area contributed by atoms with Crippen LogP contribution in [0.25, 0.3) is 0 Å². The van der Waals surface area contributed by atoms with Crippen LogP contribution >= 0.6 is 23.4 Å². The zero-order valence-corrected chi connectivity index (χ0v) is 19.9. The number of imide groups is 1. The van der Waals surface area contributed by atoms with Crippen LogP contribution in [0.4, 0.5) is 10.1 Å². The predicted molar refractivity (Wildman–Crippen MR) is 119 cm³/mol. The van der Waals surface area contributed by atoms with E-state index in [1.807, 2.05) is 0 Å². The molecule has 1 aromatic carbocycles. The highest BCUT2D eigenvalue weighted by molar-refractivity contribution is 8.00. The largest absolute Gasteiger partial charge is 0.468 e. The second kappa shape index (κ2) is 11.5. The molecule has 2 rings (SSSR count). The zero-order chi connectivity index (χ0) is 24.0. The molecule has 1 aromatic rings. The molecule has 2 amide bonds. The quantitative estimate of drug-likeness (QED) is 0.416. The molecule has 0 fully saturated rings. The van der Waals surface area contributed by atoms with Crippen LogP contribution in [0.5, 0.6) is 0 Å². The normalized spacial score (nSPS) is 14.6. The van der Waals surface area contributed by atoms with Crippen molar-refractivity contribution < 1.29 is 33.0 Å². The molecule has 0 spiro atoms.